The van der Waals surface area contributed by atoms with Gasteiger partial charge in [0.1, 0.15) is 10.4 Å². The zero-order chi connectivity index (χ0) is 9.59. The van der Waals surface area contributed by atoms with Gasteiger partial charge in [0.25, 0.3) is 5.91 Å². The Morgan fingerprint density at radius 1 is 1.69 bits per heavy atom. The molecule has 1 aliphatic rings. The third-order valence-corrected chi connectivity index (χ3v) is 3.69. The maximum absolute atomic E-state index is 11.7. The number of amides is 1. The van der Waals surface area contributed by atoms with Crippen LogP contribution in [0.25, 0.3) is 0 Å². The van der Waals surface area contributed by atoms with Gasteiger partial charge in [-0.25, -0.2) is 0 Å². The molecule has 1 N–H and O–H groups in total. The summed E-state index contributed by atoms with van der Waals surface area (Å²) in [5, 5.41) is 5.15. The molecule has 0 aromatic carbocycles. The van der Waals surface area contributed by atoms with Crippen LogP contribution in [0.3, 0.4) is 0 Å². The molecule has 0 spiro atoms. The number of aryl methyl sites for hydroxylation is 1. The van der Waals surface area contributed by atoms with E-state index in [1.54, 1.807) is 11.9 Å². The molecular weight excluding hydrogens is 204 g/mol. The molecule has 0 saturated heterocycles. The van der Waals surface area contributed by atoms with Crippen molar-refractivity contribution in [2.75, 3.05) is 12.4 Å². The topological polar surface area (TPSA) is 32.3 Å². The van der Waals surface area contributed by atoms with Crippen molar-refractivity contribution < 1.29 is 4.79 Å². The van der Waals surface area contributed by atoms with Crippen LogP contribution in [0.1, 0.15) is 15.2 Å². The van der Waals surface area contributed by atoms with Crippen LogP contribution >= 0.6 is 24.0 Å². The number of fused-ring (bicyclic) bond motifs is 1. The number of hydrogen-bond donors (Lipinski definition) is 2. The minimum Gasteiger partial charge on any atom is -0.355 e. The summed E-state index contributed by atoms with van der Waals surface area (Å²) in [4.78, 5) is 14.1. The highest BCUT2D eigenvalue weighted by Gasteiger charge is 2.29. The highest BCUT2D eigenvalue weighted by Crippen LogP contribution is 2.33. The standard InChI is InChI=1S/C8H10N2OS2/c1-4-3-13-6-5(4)9-8(12)10(2)7(6)11/h3,8-9,12H,1-2H3. The SMILES string of the molecule is Cc1csc2c1NC(S)N(C)C2=O. The van der Waals surface area contributed by atoms with Crippen LogP contribution < -0.4 is 5.32 Å². The minimum absolute atomic E-state index is 0.0480. The summed E-state index contributed by atoms with van der Waals surface area (Å²) in [6, 6.07) is 0. The lowest BCUT2D eigenvalue weighted by atomic mass is 10.2. The predicted molar refractivity (Wildman–Crippen MR) is 57.5 cm³/mol. The van der Waals surface area contributed by atoms with Crippen LogP contribution in [0.2, 0.25) is 0 Å². The monoisotopic (exact) mass is 214 g/mol. The summed E-state index contributed by atoms with van der Waals surface area (Å²) in [6.45, 7) is 1.99. The fourth-order valence-corrected chi connectivity index (χ4v) is 2.51. The van der Waals surface area contributed by atoms with Crippen molar-refractivity contribution in [2.45, 2.75) is 12.4 Å². The molecule has 1 aliphatic heterocycles. The van der Waals surface area contributed by atoms with E-state index in [4.69, 9.17) is 0 Å². The second-order valence-corrected chi connectivity index (χ2v) is 4.43. The van der Waals surface area contributed by atoms with Gasteiger partial charge in [-0.1, -0.05) is 0 Å². The molecule has 0 bridgehead atoms. The summed E-state index contributed by atoms with van der Waals surface area (Å²) in [5.74, 6) is 0.0480. The number of nitrogens with zero attached hydrogens (tertiary/aromatic N) is 1. The molecule has 0 saturated carbocycles. The highest BCUT2D eigenvalue weighted by atomic mass is 32.1. The number of carbonyl (C=O) groups is 1. The van der Waals surface area contributed by atoms with E-state index < -0.39 is 0 Å². The Kier molecular flexibility index (Phi) is 2.00. The van der Waals surface area contributed by atoms with Crippen molar-refractivity contribution in [3.05, 3.63) is 15.8 Å². The molecule has 2 rings (SSSR count). The molecule has 2 heterocycles. The number of rotatable bonds is 0. The van der Waals surface area contributed by atoms with E-state index >= 15 is 0 Å². The minimum atomic E-state index is -0.215. The normalized spacial score (nSPS) is 21.3. The second-order valence-electron chi connectivity index (χ2n) is 3.06. The van der Waals surface area contributed by atoms with Gasteiger partial charge in [0, 0.05) is 7.05 Å². The van der Waals surface area contributed by atoms with Gasteiger partial charge in [-0.3, -0.25) is 4.79 Å². The number of hydrogen-bond acceptors (Lipinski definition) is 4. The molecule has 1 atom stereocenters. The van der Waals surface area contributed by atoms with E-state index in [0.29, 0.717) is 0 Å². The fraction of sp³-hybridized carbons (Fsp3) is 0.375. The number of nitrogens with one attached hydrogen (secondary N) is 1. The van der Waals surface area contributed by atoms with E-state index in [-0.39, 0.29) is 11.4 Å². The highest BCUT2D eigenvalue weighted by molar-refractivity contribution is 7.81. The molecule has 1 aromatic rings. The van der Waals surface area contributed by atoms with Gasteiger partial charge in [0.15, 0.2) is 0 Å². The van der Waals surface area contributed by atoms with Crippen LogP contribution in [0.4, 0.5) is 5.69 Å². The summed E-state index contributed by atoms with van der Waals surface area (Å²) in [6.07, 6.45) is 0. The third-order valence-electron chi connectivity index (χ3n) is 2.13. The van der Waals surface area contributed by atoms with E-state index in [0.717, 1.165) is 16.1 Å². The summed E-state index contributed by atoms with van der Waals surface area (Å²) >= 11 is 5.74. The number of thiol groups is 1. The second kappa shape index (κ2) is 2.92. The number of carbonyl (C=O) groups excluding carboxylic acids is 1. The maximum atomic E-state index is 11.7. The van der Waals surface area contributed by atoms with E-state index in [2.05, 4.69) is 17.9 Å². The lowest BCUT2D eigenvalue weighted by molar-refractivity contribution is 0.0788. The molecule has 3 nitrogen and oxygen atoms in total. The zero-order valence-electron chi connectivity index (χ0n) is 7.37. The molecule has 0 aliphatic carbocycles. The number of thiophene rings is 1. The van der Waals surface area contributed by atoms with Crippen LogP contribution in [0.15, 0.2) is 5.38 Å². The third kappa shape index (κ3) is 1.23. The smallest absolute Gasteiger partial charge is 0.268 e. The van der Waals surface area contributed by atoms with Gasteiger partial charge in [-0.05, 0) is 17.9 Å². The average Bonchev–Trinajstić information content (AvgIpc) is 2.45. The lowest BCUT2D eigenvalue weighted by Crippen LogP contribution is -2.42. The molecule has 70 valence electrons. The average molecular weight is 214 g/mol. The maximum Gasteiger partial charge on any atom is 0.268 e. The van der Waals surface area contributed by atoms with Crippen molar-refractivity contribution in [3.63, 3.8) is 0 Å². The number of anilines is 1. The Labute approximate surface area is 86.2 Å². The predicted octanol–water partition coefficient (Wildman–Crippen LogP) is 1.77. The molecule has 0 fully saturated rings. The van der Waals surface area contributed by atoms with Gasteiger partial charge in [0.05, 0.1) is 5.69 Å². The van der Waals surface area contributed by atoms with Gasteiger partial charge in [0.2, 0.25) is 0 Å². The first-order chi connectivity index (χ1) is 6.11. The molecule has 5 heteroatoms. The first-order valence-corrected chi connectivity index (χ1v) is 5.30. The quantitative estimate of drug-likeness (QED) is 0.645. The largest absolute Gasteiger partial charge is 0.355 e. The Morgan fingerprint density at radius 2 is 2.38 bits per heavy atom. The van der Waals surface area contributed by atoms with Gasteiger partial charge < -0.3 is 10.2 Å². The van der Waals surface area contributed by atoms with Crippen molar-refractivity contribution in [1.29, 1.82) is 0 Å². The molecule has 0 radical (unpaired) electrons. The van der Waals surface area contributed by atoms with Crippen LogP contribution in [0.5, 0.6) is 0 Å². The van der Waals surface area contributed by atoms with Crippen LogP contribution in [-0.2, 0) is 0 Å². The molecular formula is C8H10N2OS2. The molecule has 1 aromatic heterocycles. The van der Waals surface area contributed by atoms with E-state index in [1.165, 1.54) is 11.3 Å². The van der Waals surface area contributed by atoms with Crippen molar-refractivity contribution >= 4 is 35.6 Å². The van der Waals surface area contributed by atoms with Gasteiger partial charge in [-0.15, -0.1) is 24.0 Å². The first-order valence-electron chi connectivity index (χ1n) is 3.91. The zero-order valence-corrected chi connectivity index (χ0v) is 9.08. The Morgan fingerprint density at radius 3 is 3.08 bits per heavy atom. The molecule has 1 unspecified atom stereocenters. The van der Waals surface area contributed by atoms with E-state index in [9.17, 15) is 4.79 Å². The summed E-state index contributed by atoms with van der Waals surface area (Å²) in [7, 11) is 1.74. The van der Waals surface area contributed by atoms with Gasteiger partial charge >= 0.3 is 0 Å². The van der Waals surface area contributed by atoms with Crippen LogP contribution in [0, 0.1) is 6.92 Å². The Hall–Kier alpha value is -0.680. The van der Waals surface area contributed by atoms with Crippen LogP contribution in [-0.4, -0.2) is 23.4 Å². The first kappa shape index (κ1) is 8.90. The molecule has 1 amide bonds. The van der Waals surface area contributed by atoms with Gasteiger partial charge in [-0.2, -0.15) is 0 Å². The summed E-state index contributed by atoms with van der Waals surface area (Å²) < 4.78 is 0. The fourth-order valence-electron chi connectivity index (χ4n) is 1.28. The van der Waals surface area contributed by atoms with E-state index in [1.807, 2.05) is 12.3 Å². The Bertz CT molecular complexity index is 361. The summed E-state index contributed by atoms with van der Waals surface area (Å²) in [5.41, 5.74) is 1.84. The van der Waals surface area contributed by atoms with Crippen molar-refractivity contribution in [3.8, 4) is 0 Å². The lowest BCUT2D eigenvalue weighted by Gasteiger charge is -2.30. The van der Waals surface area contributed by atoms with Crippen molar-refractivity contribution in [2.24, 2.45) is 0 Å². The Balaban J connectivity index is 2.51. The molecule has 13 heavy (non-hydrogen) atoms. The van der Waals surface area contributed by atoms with Crippen molar-refractivity contribution in [1.82, 2.24) is 4.90 Å².